The van der Waals surface area contributed by atoms with Gasteiger partial charge in [-0.15, -0.1) is 0 Å². The van der Waals surface area contributed by atoms with E-state index >= 15 is 0 Å². The Hall–Kier alpha value is -2.79. The summed E-state index contributed by atoms with van der Waals surface area (Å²) in [6, 6.07) is 13.0. The molecule has 3 amide bonds. The normalized spacial score (nSPS) is 21.5. The Balaban J connectivity index is 1.59. The van der Waals surface area contributed by atoms with Gasteiger partial charge in [0.05, 0.1) is 6.54 Å². The first-order valence-electron chi connectivity index (χ1n) is 10.7. The molecule has 0 bridgehead atoms. The number of carbonyl (C=O) groups excluding carboxylic acids is 2. The fourth-order valence-electron chi connectivity index (χ4n) is 4.85. The third-order valence-corrected chi connectivity index (χ3v) is 6.51. The van der Waals surface area contributed by atoms with E-state index in [9.17, 15) is 9.59 Å². The quantitative estimate of drug-likeness (QED) is 0.504. The standard InChI is InChI=1S/C25H28ClN3O2/c1-5-29-22-11-8-18(12-20(22)16(2)14-25(29,3)4)13-21-23(30)28(24(31)27-21)15-17-6-9-19(26)10-7-17/h6-13,16H,5,14-15H2,1-4H3,(H,27,31)/b21-13-/t16-/m0/s1. The molecule has 0 aromatic heterocycles. The monoisotopic (exact) mass is 437 g/mol. The van der Waals surface area contributed by atoms with Gasteiger partial charge in [-0.2, -0.15) is 0 Å². The lowest BCUT2D eigenvalue weighted by Crippen LogP contribution is -2.48. The smallest absolute Gasteiger partial charge is 0.329 e. The lowest BCUT2D eigenvalue weighted by Gasteiger charge is -2.47. The molecule has 1 atom stereocenters. The van der Waals surface area contributed by atoms with E-state index in [0.717, 1.165) is 24.1 Å². The summed E-state index contributed by atoms with van der Waals surface area (Å²) >= 11 is 5.92. The van der Waals surface area contributed by atoms with Crippen molar-refractivity contribution in [3.8, 4) is 0 Å². The lowest BCUT2D eigenvalue weighted by molar-refractivity contribution is -0.123. The molecule has 6 heteroatoms. The second-order valence-corrected chi connectivity index (χ2v) is 9.42. The van der Waals surface area contributed by atoms with Gasteiger partial charge in [0.25, 0.3) is 5.91 Å². The molecule has 162 valence electrons. The van der Waals surface area contributed by atoms with Crippen molar-refractivity contribution in [1.82, 2.24) is 10.2 Å². The topological polar surface area (TPSA) is 52.7 Å². The third kappa shape index (κ3) is 4.07. The first-order chi connectivity index (χ1) is 14.7. The highest BCUT2D eigenvalue weighted by atomic mass is 35.5. The molecule has 1 N–H and O–H groups in total. The highest BCUT2D eigenvalue weighted by molar-refractivity contribution is 6.30. The molecule has 0 radical (unpaired) electrons. The molecule has 31 heavy (non-hydrogen) atoms. The van der Waals surface area contributed by atoms with Gasteiger partial charge in [0.1, 0.15) is 5.70 Å². The third-order valence-electron chi connectivity index (χ3n) is 6.25. The number of amides is 3. The molecule has 2 aromatic carbocycles. The van der Waals surface area contributed by atoms with Gasteiger partial charge in [0, 0.05) is 22.8 Å². The van der Waals surface area contributed by atoms with Crippen LogP contribution >= 0.6 is 11.6 Å². The first kappa shape index (κ1) is 21.4. The summed E-state index contributed by atoms with van der Waals surface area (Å²) in [5, 5.41) is 3.34. The summed E-state index contributed by atoms with van der Waals surface area (Å²) in [4.78, 5) is 28.9. The molecule has 2 aromatic rings. The number of imide groups is 1. The van der Waals surface area contributed by atoms with Crippen LogP contribution in [0.2, 0.25) is 5.02 Å². The molecular weight excluding hydrogens is 410 g/mol. The van der Waals surface area contributed by atoms with Gasteiger partial charge < -0.3 is 10.2 Å². The minimum atomic E-state index is -0.406. The Labute approximate surface area is 188 Å². The van der Waals surface area contributed by atoms with Crippen molar-refractivity contribution in [3.63, 3.8) is 0 Å². The second kappa shape index (κ2) is 8.04. The van der Waals surface area contributed by atoms with Gasteiger partial charge in [-0.05, 0) is 80.1 Å². The molecule has 0 unspecified atom stereocenters. The maximum atomic E-state index is 12.9. The number of carbonyl (C=O) groups is 2. The second-order valence-electron chi connectivity index (χ2n) is 8.99. The van der Waals surface area contributed by atoms with Crippen molar-refractivity contribution >= 4 is 35.3 Å². The minimum Gasteiger partial charge on any atom is -0.366 e. The average Bonchev–Trinajstić information content (AvgIpc) is 2.97. The molecule has 2 aliphatic heterocycles. The van der Waals surface area contributed by atoms with Crippen LogP contribution < -0.4 is 10.2 Å². The summed E-state index contributed by atoms with van der Waals surface area (Å²) in [5.74, 6) is 0.100. The van der Waals surface area contributed by atoms with Gasteiger partial charge in [0.2, 0.25) is 0 Å². The van der Waals surface area contributed by atoms with Crippen LogP contribution in [0, 0.1) is 0 Å². The van der Waals surface area contributed by atoms with Crippen LogP contribution in [0.4, 0.5) is 10.5 Å². The van der Waals surface area contributed by atoms with Crippen molar-refractivity contribution in [2.24, 2.45) is 0 Å². The molecule has 0 spiro atoms. The highest BCUT2D eigenvalue weighted by Gasteiger charge is 2.36. The number of fused-ring (bicyclic) bond motifs is 1. The number of hydrogen-bond donors (Lipinski definition) is 1. The number of nitrogens with zero attached hydrogens (tertiary/aromatic N) is 2. The maximum absolute atomic E-state index is 12.9. The molecule has 0 aliphatic carbocycles. The summed E-state index contributed by atoms with van der Waals surface area (Å²) < 4.78 is 0. The lowest BCUT2D eigenvalue weighted by atomic mass is 9.79. The highest BCUT2D eigenvalue weighted by Crippen LogP contribution is 2.43. The van der Waals surface area contributed by atoms with Crippen molar-refractivity contribution < 1.29 is 9.59 Å². The van der Waals surface area contributed by atoms with E-state index in [-0.39, 0.29) is 18.0 Å². The van der Waals surface area contributed by atoms with Crippen molar-refractivity contribution in [2.75, 3.05) is 11.4 Å². The van der Waals surface area contributed by atoms with E-state index in [1.165, 1.54) is 16.2 Å². The Morgan fingerprint density at radius 3 is 2.55 bits per heavy atom. The zero-order valence-electron chi connectivity index (χ0n) is 18.4. The molecule has 0 saturated carbocycles. The molecular formula is C25H28ClN3O2. The van der Waals surface area contributed by atoms with E-state index in [1.807, 2.05) is 18.2 Å². The number of rotatable bonds is 4. The van der Waals surface area contributed by atoms with Crippen LogP contribution in [0.3, 0.4) is 0 Å². The molecule has 5 nitrogen and oxygen atoms in total. The van der Waals surface area contributed by atoms with Gasteiger partial charge in [-0.3, -0.25) is 9.69 Å². The van der Waals surface area contributed by atoms with Gasteiger partial charge in [-0.1, -0.05) is 36.7 Å². The van der Waals surface area contributed by atoms with E-state index < -0.39 is 6.03 Å². The van der Waals surface area contributed by atoms with Gasteiger partial charge >= 0.3 is 6.03 Å². The van der Waals surface area contributed by atoms with Crippen LogP contribution in [0.15, 0.2) is 48.2 Å². The summed E-state index contributed by atoms with van der Waals surface area (Å²) in [6.45, 7) is 10.2. The van der Waals surface area contributed by atoms with Gasteiger partial charge in [0.15, 0.2) is 0 Å². The summed E-state index contributed by atoms with van der Waals surface area (Å²) in [6.07, 6.45) is 2.84. The maximum Gasteiger partial charge on any atom is 0.329 e. The zero-order chi connectivity index (χ0) is 22.3. The van der Waals surface area contributed by atoms with Crippen LogP contribution in [0.25, 0.3) is 6.08 Å². The largest absolute Gasteiger partial charge is 0.366 e. The number of urea groups is 1. The van der Waals surface area contributed by atoms with Crippen LogP contribution in [0.1, 0.15) is 56.7 Å². The molecule has 1 fully saturated rings. The predicted molar refractivity (Wildman–Crippen MR) is 125 cm³/mol. The average molecular weight is 438 g/mol. The zero-order valence-corrected chi connectivity index (χ0v) is 19.2. The fraction of sp³-hybridized carbons (Fsp3) is 0.360. The Morgan fingerprint density at radius 2 is 1.87 bits per heavy atom. The Bertz CT molecular complexity index is 1060. The van der Waals surface area contributed by atoms with Crippen molar-refractivity contribution in [1.29, 1.82) is 0 Å². The number of halogens is 1. The van der Waals surface area contributed by atoms with Gasteiger partial charge in [-0.25, -0.2) is 4.79 Å². The van der Waals surface area contributed by atoms with E-state index in [4.69, 9.17) is 11.6 Å². The number of nitrogens with one attached hydrogen (secondary N) is 1. The van der Waals surface area contributed by atoms with Crippen molar-refractivity contribution in [2.45, 2.75) is 52.1 Å². The first-order valence-corrected chi connectivity index (χ1v) is 11.1. The molecule has 1 saturated heterocycles. The van der Waals surface area contributed by atoms with Crippen LogP contribution in [-0.2, 0) is 11.3 Å². The van der Waals surface area contributed by atoms with E-state index in [0.29, 0.717) is 16.6 Å². The van der Waals surface area contributed by atoms with Crippen LogP contribution in [0.5, 0.6) is 0 Å². The predicted octanol–water partition coefficient (Wildman–Crippen LogP) is 5.55. The Kier molecular flexibility index (Phi) is 5.56. The SMILES string of the molecule is CCN1c2ccc(/C=C3\NC(=O)N(Cc4ccc(Cl)cc4)C3=O)cc2[C@@H](C)CC1(C)C. The summed E-state index contributed by atoms with van der Waals surface area (Å²) in [7, 11) is 0. The molecule has 2 heterocycles. The van der Waals surface area contributed by atoms with E-state index in [2.05, 4.69) is 50.0 Å². The number of anilines is 1. The number of benzene rings is 2. The molecule has 2 aliphatic rings. The fourth-order valence-corrected chi connectivity index (χ4v) is 4.98. The molecule has 4 rings (SSSR count). The van der Waals surface area contributed by atoms with Crippen LogP contribution in [-0.4, -0.2) is 28.9 Å². The number of hydrogen-bond acceptors (Lipinski definition) is 3. The Morgan fingerprint density at radius 1 is 1.16 bits per heavy atom. The van der Waals surface area contributed by atoms with E-state index in [1.54, 1.807) is 18.2 Å². The summed E-state index contributed by atoms with van der Waals surface area (Å²) in [5.41, 5.74) is 4.70. The minimum absolute atomic E-state index is 0.110. The van der Waals surface area contributed by atoms with Crippen molar-refractivity contribution in [3.05, 3.63) is 69.9 Å².